The fourth-order valence-corrected chi connectivity index (χ4v) is 5.92. The van der Waals surface area contributed by atoms with Crippen molar-refractivity contribution in [2.75, 3.05) is 13.2 Å². The highest BCUT2D eigenvalue weighted by molar-refractivity contribution is 6.74. The maximum absolute atomic E-state index is 12.4. The first-order chi connectivity index (χ1) is 19.6. The number of esters is 2. The molecule has 1 saturated heterocycles. The first kappa shape index (κ1) is 39.1. The van der Waals surface area contributed by atoms with Crippen LogP contribution in [0.2, 0.25) is 36.3 Å². The molecule has 11 heteroatoms. The Kier molecular flexibility index (Phi) is 14.9. The van der Waals surface area contributed by atoms with Crippen LogP contribution in [0.25, 0.3) is 0 Å². The van der Waals surface area contributed by atoms with Crippen LogP contribution in [-0.4, -0.2) is 83.7 Å². The van der Waals surface area contributed by atoms with E-state index in [0.29, 0.717) is 0 Å². The molecule has 1 rings (SSSR count). The summed E-state index contributed by atoms with van der Waals surface area (Å²) in [7, 11) is -4.73. The summed E-state index contributed by atoms with van der Waals surface area (Å²) in [5, 5.41) is 10.1. The van der Waals surface area contributed by atoms with Gasteiger partial charge in [-0.2, -0.15) is 0 Å². The Balaban J connectivity index is 3.47. The minimum atomic E-state index is -2.50. The molecule has 6 atom stereocenters. The number of aliphatic hydroxyl groups is 1. The van der Waals surface area contributed by atoms with Gasteiger partial charge in [0.2, 0.25) is 0 Å². The highest BCUT2D eigenvalue weighted by Gasteiger charge is 2.54. The monoisotopic (exact) mass is 638 g/mol. The van der Waals surface area contributed by atoms with Crippen LogP contribution in [0.5, 0.6) is 0 Å². The van der Waals surface area contributed by atoms with Gasteiger partial charge in [-0.05, 0) is 61.1 Å². The number of rotatable bonds is 11. The average Bonchev–Trinajstić information content (AvgIpc) is 2.84. The number of carbonyl (C=O) groups excluding carboxylic acids is 2. The minimum absolute atomic E-state index is 0.0431. The molecule has 244 valence electrons. The lowest BCUT2D eigenvalue weighted by Gasteiger charge is -2.49. The van der Waals surface area contributed by atoms with Crippen molar-refractivity contribution < 1.29 is 42.5 Å². The summed E-state index contributed by atoms with van der Waals surface area (Å²) in [6.07, 6.45) is -2.06. The fraction of sp³-hybridized carbons (Fsp3) is 0.750. The molecule has 0 bridgehead atoms. The molecule has 0 aromatic rings. The Morgan fingerprint density at radius 2 is 1.47 bits per heavy atom. The maximum Gasteiger partial charge on any atom is 0.303 e. The number of aliphatic hydroxyl groups excluding tert-OH is 1. The van der Waals surface area contributed by atoms with Crippen molar-refractivity contribution in [1.82, 2.24) is 0 Å². The van der Waals surface area contributed by atoms with E-state index in [-0.39, 0.29) is 29.7 Å². The van der Waals surface area contributed by atoms with Gasteiger partial charge < -0.3 is 32.9 Å². The Morgan fingerprint density at radius 1 is 0.907 bits per heavy atom. The van der Waals surface area contributed by atoms with Gasteiger partial charge in [0.25, 0.3) is 0 Å². The Labute approximate surface area is 261 Å². The molecule has 9 nitrogen and oxygen atoms in total. The molecule has 0 aromatic heterocycles. The molecule has 1 aliphatic rings. The van der Waals surface area contributed by atoms with Crippen LogP contribution in [0.15, 0.2) is 12.2 Å². The third kappa shape index (κ3) is 12.5. The molecule has 1 aliphatic heterocycles. The van der Waals surface area contributed by atoms with Gasteiger partial charge in [0.1, 0.15) is 18.3 Å². The number of allylic oxidation sites excluding steroid dienone is 2. The van der Waals surface area contributed by atoms with E-state index in [0.717, 1.165) is 0 Å². The molecule has 43 heavy (non-hydrogen) atoms. The predicted molar refractivity (Wildman–Crippen MR) is 172 cm³/mol. The molecular weight excluding hydrogens is 585 g/mol. The van der Waals surface area contributed by atoms with Gasteiger partial charge >= 0.3 is 11.9 Å². The summed E-state index contributed by atoms with van der Waals surface area (Å²) < 4.78 is 37.4. The van der Waals surface area contributed by atoms with E-state index in [4.69, 9.17) is 27.8 Å². The van der Waals surface area contributed by atoms with Crippen molar-refractivity contribution in [2.24, 2.45) is 0 Å². The highest BCUT2D eigenvalue weighted by atomic mass is 28.4. The minimum Gasteiger partial charge on any atom is -0.457 e. The van der Waals surface area contributed by atoms with Crippen molar-refractivity contribution in [3.63, 3.8) is 0 Å². The van der Waals surface area contributed by atoms with Crippen LogP contribution in [0.3, 0.4) is 0 Å². The highest BCUT2D eigenvalue weighted by Crippen LogP contribution is 2.41. The number of ether oxygens (including phenoxy) is 4. The summed E-state index contributed by atoms with van der Waals surface area (Å²) in [6, 6.07) is 0. The van der Waals surface area contributed by atoms with Crippen LogP contribution >= 0.6 is 0 Å². The van der Waals surface area contributed by atoms with Crippen LogP contribution in [0.1, 0.15) is 68.7 Å². The van der Waals surface area contributed by atoms with Crippen molar-refractivity contribution in [1.29, 1.82) is 0 Å². The Hall–Kier alpha value is -1.97. The van der Waals surface area contributed by atoms with Crippen molar-refractivity contribution in [3.05, 3.63) is 12.2 Å². The zero-order chi connectivity index (χ0) is 33.2. The standard InChI is InChI=1S/C32H54O9Si2/c1-14-15-16-17-18-19-25(35)20-21-36-30-29(39-24(3)34)28(41-43(12,13)32(7,8)9)27(38-23(2)33)26(40-30)22-37-42(10,11)31(4,5)6/h14-15,25-30,35H,20-22H2,1-13H3/b15-14+/t25-,26+,27+,28-,29+,30+/m0/s1. The van der Waals surface area contributed by atoms with Gasteiger partial charge in [0.15, 0.2) is 35.1 Å². The molecule has 0 aromatic carbocycles. The maximum atomic E-state index is 12.4. The lowest BCUT2D eigenvalue weighted by molar-refractivity contribution is -0.303. The van der Waals surface area contributed by atoms with Gasteiger partial charge in [-0.1, -0.05) is 59.5 Å². The van der Waals surface area contributed by atoms with E-state index in [1.165, 1.54) is 13.8 Å². The van der Waals surface area contributed by atoms with Crippen LogP contribution < -0.4 is 0 Å². The summed E-state index contributed by atoms with van der Waals surface area (Å²) in [5.41, 5.74) is 0. The molecule has 0 aliphatic carbocycles. The summed E-state index contributed by atoms with van der Waals surface area (Å²) in [4.78, 5) is 24.7. The van der Waals surface area contributed by atoms with Crippen LogP contribution in [0, 0.1) is 23.7 Å². The molecule has 0 radical (unpaired) electrons. The molecule has 0 spiro atoms. The van der Waals surface area contributed by atoms with Gasteiger partial charge in [0, 0.05) is 20.3 Å². The second kappa shape index (κ2) is 16.4. The zero-order valence-electron chi connectivity index (χ0n) is 28.5. The van der Waals surface area contributed by atoms with Gasteiger partial charge in [-0.3, -0.25) is 9.59 Å². The number of carbonyl (C=O) groups is 2. The van der Waals surface area contributed by atoms with E-state index in [9.17, 15) is 14.7 Å². The topological polar surface area (TPSA) is 110 Å². The van der Waals surface area contributed by atoms with E-state index >= 15 is 0 Å². The third-order valence-corrected chi connectivity index (χ3v) is 17.1. The molecule has 1 N–H and O–H groups in total. The van der Waals surface area contributed by atoms with Crippen molar-refractivity contribution in [2.45, 2.75) is 142 Å². The summed E-state index contributed by atoms with van der Waals surface area (Å²) in [6.45, 7) is 25.7. The molecule has 0 unspecified atom stereocenters. The normalized spacial score (nSPS) is 23.9. The summed E-state index contributed by atoms with van der Waals surface area (Å²) in [5.74, 6) is 9.59. The molecule has 1 heterocycles. The lowest BCUT2D eigenvalue weighted by Crippen LogP contribution is -2.65. The summed E-state index contributed by atoms with van der Waals surface area (Å²) >= 11 is 0. The molecule has 0 saturated carbocycles. The van der Waals surface area contributed by atoms with Crippen molar-refractivity contribution >= 4 is 28.6 Å². The van der Waals surface area contributed by atoms with Gasteiger partial charge in [-0.15, -0.1) is 0 Å². The average molecular weight is 639 g/mol. The van der Waals surface area contributed by atoms with E-state index in [1.54, 1.807) is 12.2 Å². The Morgan fingerprint density at radius 3 is 1.98 bits per heavy atom. The first-order valence-corrected chi connectivity index (χ1v) is 20.7. The predicted octanol–water partition coefficient (Wildman–Crippen LogP) is 5.34. The number of hydrogen-bond donors (Lipinski definition) is 1. The second-order valence-corrected chi connectivity index (χ2v) is 23.4. The lowest BCUT2D eigenvalue weighted by atomic mass is 9.98. The van der Waals surface area contributed by atoms with Crippen molar-refractivity contribution in [3.8, 4) is 23.7 Å². The van der Waals surface area contributed by atoms with E-state index in [2.05, 4.69) is 91.4 Å². The zero-order valence-corrected chi connectivity index (χ0v) is 30.5. The molecular formula is C32H54O9Si2. The SMILES string of the molecule is C/C=C/C#CC#C[C@H](O)CCO[C@@H]1O[C@H](CO[Si](C)(C)C(C)(C)C)[C@@H](OC(C)=O)[C@H](O[Si](C)(C)C(C)(C)C)[C@H]1OC(C)=O. The van der Waals surface area contributed by atoms with Crippen LogP contribution in [0.4, 0.5) is 0 Å². The van der Waals surface area contributed by atoms with Gasteiger partial charge in [0.05, 0.1) is 13.2 Å². The van der Waals surface area contributed by atoms with E-state index in [1.807, 2.05) is 6.92 Å². The van der Waals surface area contributed by atoms with Crippen LogP contribution in [-0.2, 0) is 37.4 Å². The number of hydrogen-bond acceptors (Lipinski definition) is 9. The quantitative estimate of drug-likeness (QED) is 0.182. The van der Waals surface area contributed by atoms with E-state index < -0.39 is 65.4 Å². The molecule has 1 fully saturated rings. The fourth-order valence-electron chi connectivity index (χ4n) is 3.60. The van der Waals surface area contributed by atoms with Gasteiger partial charge in [-0.25, -0.2) is 0 Å². The smallest absolute Gasteiger partial charge is 0.303 e. The first-order valence-electron chi connectivity index (χ1n) is 14.9. The second-order valence-electron chi connectivity index (χ2n) is 13.8. The largest absolute Gasteiger partial charge is 0.457 e. The molecule has 0 amide bonds. The Bertz CT molecular complexity index is 1080. The third-order valence-electron chi connectivity index (χ3n) is 8.14.